The summed E-state index contributed by atoms with van der Waals surface area (Å²) in [5, 5.41) is 2.55. The highest BCUT2D eigenvalue weighted by Gasteiger charge is 2.38. The molecule has 3 amide bonds. The largest absolute Gasteiger partial charge is 0.467 e. The Kier molecular flexibility index (Phi) is 8.38. The molecular formula is C21H30N4O6. The van der Waals surface area contributed by atoms with Crippen LogP contribution in [-0.2, 0) is 23.9 Å². The minimum Gasteiger partial charge on any atom is -0.467 e. The Labute approximate surface area is 182 Å². The van der Waals surface area contributed by atoms with Crippen molar-refractivity contribution in [1.82, 2.24) is 15.1 Å². The van der Waals surface area contributed by atoms with Crippen molar-refractivity contribution >= 4 is 29.4 Å². The van der Waals surface area contributed by atoms with Crippen molar-refractivity contribution in [2.45, 2.75) is 19.0 Å². The number of anilines is 1. The van der Waals surface area contributed by atoms with Gasteiger partial charge in [0, 0.05) is 45.5 Å². The predicted molar refractivity (Wildman–Crippen MR) is 114 cm³/mol. The Morgan fingerprint density at radius 3 is 2.32 bits per heavy atom. The smallest absolute Gasteiger partial charge is 0.328 e. The fourth-order valence-electron chi connectivity index (χ4n) is 3.33. The molecule has 0 aromatic heterocycles. The van der Waals surface area contributed by atoms with Crippen LogP contribution >= 0.6 is 0 Å². The van der Waals surface area contributed by atoms with Crippen LogP contribution < -0.4 is 10.2 Å². The maximum atomic E-state index is 13.0. The number of hydrogen-bond donors (Lipinski definition) is 1. The number of ether oxygens (including phenoxy) is 2. The first-order valence-corrected chi connectivity index (χ1v) is 9.92. The SMILES string of the molecule is COCC(=O)N1CCN(C(=O)c2ccc(N(C)C)cc2)CC1C(=O)NC(C)C(=O)OC. The molecule has 0 bridgehead atoms. The number of nitrogens with zero attached hydrogens (tertiary/aromatic N) is 3. The number of benzene rings is 1. The molecule has 1 aliphatic heterocycles. The molecule has 2 rings (SSSR count). The minimum atomic E-state index is -0.950. The molecule has 1 aromatic carbocycles. The lowest BCUT2D eigenvalue weighted by Crippen LogP contribution is -2.63. The Bertz CT molecular complexity index is 811. The van der Waals surface area contributed by atoms with Crippen LogP contribution in [0.3, 0.4) is 0 Å². The lowest BCUT2D eigenvalue weighted by molar-refractivity contribution is -0.149. The Morgan fingerprint density at radius 2 is 1.77 bits per heavy atom. The van der Waals surface area contributed by atoms with E-state index in [0.717, 1.165) is 5.69 Å². The van der Waals surface area contributed by atoms with Crippen LogP contribution in [-0.4, -0.2) is 100 Å². The van der Waals surface area contributed by atoms with Gasteiger partial charge in [0.05, 0.1) is 13.7 Å². The summed E-state index contributed by atoms with van der Waals surface area (Å²) in [7, 11) is 6.43. The fourth-order valence-corrected chi connectivity index (χ4v) is 3.33. The molecule has 31 heavy (non-hydrogen) atoms. The van der Waals surface area contributed by atoms with E-state index < -0.39 is 24.0 Å². The summed E-state index contributed by atoms with van der Waals surface area (Å²) in [4.78, 5) is 54.9. The lowest BCUT2D eigenvalue weighted by atomic mass is 10.1. The summed E-state index contributed by atoms with van der Waals surface area (Å²) in [6.45, 7) is 1.76. The number of piperazine rings is 1. The van der Waals surface area contributed by atoms with E-state index in [-0.39, 0.29) is 38.1 Å². The number of hydrogen-bond acceptors (Lipinski definition) is 7. The van der Waals surface area contributed by atoms with Crippen LogP contribution in [0.1, 0.15) is 17.3 Å². The first-order chi connectivity index (χ1) is 14.7. The molecule has 2 atom stereocenters. The van der Waals surface area contributed by atoms with Crippen LogP contribution in [0.5, 0.6) is 0 Å². The molecule has 1 aromatic rings. The molecule has 0 radical (unpaired) electrons. The van der Waals surface area contributed by atoms with Crippen molar-refractivity contribution in [3.05, 3.63) is 29.8 Å². The fraction of sp³-hybridized carbons (Fsp3) is 0.524. The molecule has 10 nitrogen and oxygen atoms in total. The van der Waals surface area contributed by atoms with Gasteiger partial charge in [0.1, 0.15) is 18.7 Å². The van der Waals surface area contributed by atoms with Crippen LogP contribution in [0.25, 0.3) is 0 Å². The highest BCUT2D eigenvalue weighted by molar-refractivity contribution is 5.96. The summed E-state index contributed by atoms with van der Waals surface area (Å²) in [6.07, 6.45) is 0. The lowest BCUT2D eigenvalue weighted by Gasteiger charge is -2.40. The number of esters is 1. The summed E-state index contributed by atoms with van der Waals surface area (Å²) in [5.74, 6) is -1.74. The zero-order chi connectivity index (χ0) is 23.1. The number of amides is 3. The zero-order valence-corrected chi connectivity index (χ0v) is 18.6. The molecular weight excluding hydrogens is 404 g/mol. The second-order valence-corrected chi connectivity index (χ2v) is 7.48. The average molecular weight is 434 g/mol. The molecule has 1 N–H and O–H groups in total. The van der Waals surface area contributed by atoms with E-state index in [0.29, 0.717) is 5.56 Å². The molecule has 170 valence electrons. The second-order valence-electron chi connectivity index (χ2n) is 7.48. The van der Waals surface area contributed by atoms with Gasteiger partial charge in [-0.2, -0.15) is 0 Å². The van der Waals surface area contributed by atoms with Gasteiger partial charge in [0.2, 0.25) is 11.8 Å². The van der Waals surface area contributed by atoms with E-state index >= 15 is 0 Å². The van der Waals surface area contributed by atoms with E-state index in [1.54, 1.807) is 12.1 Å². The van der Waals surface area contributed by atoms with Gasteiger partial charge in [-0.1, -0.05) is 0 Å². The van der Waals surface area contributed by atoms with Gasteiger partial charge >= 0.3 is 5.97 Å². The monoisotopic (exact) mass is 434 g/mol. The summed E-state index contributed by atoms with van der Waals surface area (Å²) < 4.78 is 9.55. The molecule has 1 aliphatic rings. The van der Waals surface area contributed by atoms with Gasteiger partial charge in [-0.15, -0.1) is 0 Å². The normalized spacial score (nSPS) is 17.0. The summed E-state index contributed by atoms with van der Waals surface area (Å²) in [6, 6.07) is 5.31. The maximum Gasteiger partial charge on any atom is 0.328 e. The van der Waals surface area contributed by atoms with Gasteiger partial charge in [-0.3, -0.25) is 14.4 Å². The number of rotatable bonds is 7. The highest BCUT2D eigenvalue weighted by Crippen LogP contribution is 2.17. The van der Waals surface area contributed by atoms with Crippen LogP contribution in [0.4, 0.5) is 5.69 Å². The Balaban J connectivity index is 2.19. The molecule has 2 unspecified atom stereocenters. The standard InChI is InChI=1S/C21H30N4O6/c1-14(21(29)31-5)22-19(27)17-12-24(10-11-25(17)18(26)13-30-4)20(28)15-6-8-16(9-7-15)23(2)3/h6-9,14,17H,10-13H2,1-5H3,(H,22,27). The van der Waals surface area contributed by atoms with Gasteiger partial charge in [-0.25, -0.2) is 4.79 Å². The van der Waals surface area contributed by atoms with E-state index in [2.05, 4.69) is 10.1 Å². The summed E-state index contributed by atoms with van der Waals surface area (Å²) in [5.41, 5.74) is 1.45. The van der Waals surface area contributed by atoms with Gasteiger partial charge in [-0.05, 0) is 31.2 Å². The van der Waals surface area contributed by atoms with E-state index in [1.165, 1.54) is 30.9 Å². The van der Waals surface area contributed by atoms with E-state index in [1.807, 2.05) is 31.1 Å². The third-order valence-corrected chi connectivity index (χ3v) is 5.10. The maximum absolute atomic E-state index is 13.0. The molecule has 0 spiro atoms. The first kappa shape index (κ1) is 24.1. The quantitative estimate of drug-likeness (QED) is 0.589. The number of carbonyl (C=O) groups is 4. The minimum absolute atomic E-state index is 0.00342. The number of methoxy groups -OCH3 is 2. The second kappa shape index (κ2) is 10.8. The predicted octanol–water partition coefficient (Wildman–Crippen LogP) is -0.270. The number of nitrogens with one attached hydrogen (secondary N) is 1. The Hall–Kier alpha value is -3.14. The van der Waals surface area contributed by atoms with Gasteiger partial charge in [0.15, 0.2) is 0 Å². The Morgan fingerprint density at radius 1 is 1.13 bits per heavy atom. The van der Waals surface area contributed by atoms with Crippen LogP contribution in [0, 0.1) is 0 Å². The third-order valence-electron chi connectivity index (χ3n) is 5.10. The van der Waals surface area contributed by atoms with Crippen molar-refractivity contribution in [1.29, 1.82) is 0 Å². The molecule has 1 heterocycles. The topological polar surface area (TPSA) is 108 Å². The zero-order valence-electron chi connectivity index (χ0n) is 18.6. The molecule has 10 heteroatoms. The van der Waals surface area contributed by atoms with Crippen molar-refractivity contribution in [3.63, 3.8) is 0 Å². The molecule has 1 saturated heterocycles. The van der Waals surface area contributed by atoms with Crippen molar-refractivity contribution < 1.29 is 28.7 Å². The van der Waals surface area contributed by atoms with E-state index in [4.69, 9.17) is 4.74 Å². The van der Waals surface area contributed by atoms with Gasteiger partial charge < -0.3 is 29.5 Å². The van der Waals surface area contributed by atoms with Crippen LogP contribution in [0.15, 0.2) is 24.3 Å². The highest BCUT2D eigenvalue weighted by atomic mass is 16.5. The first-order valence-electron chi connectivity index (χ1n) is 9.92. The van der Waals surface area contributed by atoms with Crippen molar-refractivity contribution in [3.8, 4) is 0 Å². The van der Waals surface area contributed by atoms with Gasteiger partial charge in [0.25, 0.3) is 5.91 Å². The van der Waals surface area contributed by atoms with Crippen molar-refractivity contribution in [2.24, 2.45) is 0 Å². The van der Waals surface area contributed by atoms with E-state index in [9.17, 15) is 19.2 Å². The van der Waals surface area contributed by atoms with Crippen LogP contribution in [0.2, 0.25) is 0 Å². The molecule has 1 fully saturated rings. The molecule has 0 aliphatic carbocycles. The van der Waals surface area contributed by atoms with Crippen molar-refractivity contribution in [2.75, 3.05) is 59.5 Å². The average Bonchev–Trinajstić information content (AvgIpc) is 2.77. The summed E-state index contributed by atoms with van der Waals surface area (Å²) >= 11 is 0. The number of carbonyl (C=O) groups excluding carboxylic acids is 4. The molecule has 0 saturated carbocycles. The third kappa shape index (κ3) is 5.94.